The fourth-order valence-electron chi connectivity index (χ4n) is 2.09. The van der Waals surface area contributed by atoms with E-state index in [0.717, 1.165) is 31.9 Å². The van der Waals surface area contributed by atoms with Gasteiger partial charge in [0.15, 0.2) is 0 Å². The highest BCUT2D eigenvalue weighted by atomic mass is 35.5. The van der Waals surface area contributed by atoms with Gasteiger partial charge in [-0.15, -0.1) is 0 Å². The van der Waals surface area contributed by atoms with Crippen LogP contribution in [-0.2, 0) is 0 Å². The molecule has 2 rings (SSSR count). The van der Waals surface area contributed by atoms with Gasteiger partial charge in [-0.3, -0.25) is 0 Å². The average molecular weight is 260 g/mol. The third kappa shape index (κ3) is 2.59. The predicted molar refractivity (Wildman–Crippen MR) is 68.2 cm³/mol. The smallest absolute Gasteiger partial charge is 0.147 e. The van der Waals surface area contributed by atoms with Crippen LogP contribution < -0.4 is 10.6 Å². The van der Waals surface area contributed by atoms with E-state index in [2.05, 4.69) is 9.88 Å². The van der Waals surface area contributed by atoms with Crippen LogP contribution in [0.1, 0.15) is 12.8 Å². The standard InChI is InChI=1S/C11H15Cl2N3/c12-9-4-10(13)11(15-6-9)16-3-1-2-8(5-14)7-16/h4,6,8H,1-3,5,7,14H2. The van der Waals surface area contributed by atoms with Crippen LogP contribution in [-0.4, -0.2) is 24.6 Å². The quantitative estimate of drug-likeness (QED) is 0.888. The Hall–Kier alpha value is -0.510. The Labute approximate surface area is 106 Å². The van der Waals surface area contributed by atoms with Gasteiger partial charge in [0.25, 0.3) is 0 Å². The predicted octanol–water partition coefficient (Wildman–Crippen LogP) is 2.56. The van der Waals surface area contributed by atoms with Crippen molar-refractivity contribution in [3.8, 4) is 0 Å². The molecule has 0 radical (unpaired) electrons. The summed E-state index contributed by atoms with van der Waals surface area (Å²) in [5.41, 5.74) is 5.70. The molecule has 2 N–H and O–H groups in total. The van der Waals surface area contributed by atoms with E-state index in [1.54, 1.807) is 12.3 Å². The molecule has 1 fully saturated rings. The van der Waals surface area contributed by atoms with Gasteiger partial charge in [-0.2, -0.15) is 0 Å². The van der Waals surface area contributed by atoms with Gasteiger partial charge in [0.05, 0.1) is 10.0 Å². The van der Waals surface area contributed by atoms with Gasteiger partial charge in [-0.25, -0.2) is 4.98 Å². The van der Waals surface area contributed by atoms with Crippen molar-refractivity contribution in [3.63, 3.8) is 0 Å². The van der Waals surface area contributed by atoms with Crippen molar-refractivity contribution in [1.29, 1.82) is 0 Å². The van der Waals surface area contributed by atoms with Crippen molar-refractivity contribution in [2.24, 2.45) is 11.7 Å². The highest BCUT2D eigenvalue weighted by Crippen LogP contribution is 2.29. The molecule has 0 aromatic carbocycles. The van der Waals surface area contributed by atoms with Crippen LogP contribution in [0.3, 0.4) is 0 Å². The Balaban J connectivity index is 2.16. The lowest BCUT2D eigenvalue weighted by atomic mass is 9.98. The van der Waals surface area contributed by atoms with Crippen LogP contribution in [0.2, 0.25) is 10.0 Å². The number of nitrogens with two attached hydrogens (primary N) is 1. The second kappa shape index (κ2) is 5.21. The number of hydrogen-bond donors (Lipinski definition) is 1. The molecule has 0 bridgehead atoms. The second-order valence-corrected chi connectivity index (χ2v) is 4.99. The minimum Gasteiger partial charge on any atom is -0.355 e. The Kier molecular flexibility index (Phi) is 3.90. The van der Waals surface area contributed by atoms with Gasteiger partial charge in [-0.1, -0.05) is 23.2 Å². The number of aromatic nitrogens is 1. The van der Waals surface area contributed by atoms with Crippen molar-refractivity contribution in [2.75, 3.05) is 24.5 Å². The molecule has 0 amide bonds. The maximum absolute atomic E-state index is 6.13. The first-order chi connectivity index (χ1) is 7.70. The number of anilines is 1. The molecule has 3 nitrogen and oxygen atoms in total. The molecule has 1 unspecified atom stereocenters. The van der Waals surface area contributed by atoms with Crippen LogP contribution in [0.15, 0.2) is 12.3 Å². The van der Waals surface area contributed by atoms with E-state index in [1.807, 2.05) is 0 Å². The van der Waals surface area contributed by atoms with E-state index in [0.29, 0.717) is 16.0 Å². The minimum atomic E-state index is 0.544. The summed E-state index contributed by atoms with van der Waals surface area (Å²) in [6.45, 7) is 2.65. The molecule has 1 aromatic rings. The third-order valence-corrected chi connectivity index (χ3v) is 3.43. The van der Waals surface area contributed by atoms with E-state index in [-0.39, 0.29) is 0 Å². The maximum atomic E-state index is 6.13. The van der Waals surface area contributed by atoms with Crippen LogP contribution in [0.25, 0.3) is 0 Å². The van der Waals surface area contributed by atoms with Crippen LogP contribution in [0.5, 0.6) is 0 Å². The summed E-state index contributed by atoms with van der Waals surface area (Å²) in [4.78, 5) is 6.49. The summed E-state index contributed by atoms with van der Waals surface area (Å²) in [6, 6.07) is 1.73. The topological polar surface area (TPSA) is 42.1 Å². The molecule has 2 heterocycles. The molecule has 0 spiro atoms. The van der Waals surface area contributed by atoms with Crippen LogP contribution in [0, 0.1) is 5.92 Å². The van der Waals surface area contributed by atoms with Crippen molar-refractivity contribution in [3.05, 3.63) is 22.3 Å². The molecular weight excluding hydrogens is 245 g/mol. The number of rotatable bonds is 2. The van der Waals surface area contributed by atoms with Crippen molar-refractivity contribution >= 4 is 29.0 Å². The molecule has 0 saturated carbocycles. The summed E-state index contributed by atoms with van der Waals surface area (Å²) in [5, 5.41) is 1.19. The SMILES string of the molecule is NCC1CCCN(c2ncc(Cl)cc2Cl)C1. The Morgan fingerprint density at radius 2 is 2.31 bits per heavy atom. The number of pyridine rings is 1. The summed E-state index contributed by atoms with van der Waals surface area (Å²) in [5.74, 6) is 1.37. The van der Waals surface area contributed by atoms with Gasteiger partial charge in [0.1, 0.15) is 5.82 Å². The first-order valence-corrected chi connectivity index (χ1v) is 6.22. The number of piperidine rings is 1. The lowest BCUT2D eigenvalue weighted by Gasteiger charge is -2.33. The van der Waals surface area contributed by atoms with Crippen molar-refractivity contribution < 1.29 is 0 Å². The highest BCUT2D eigenvalue weighted by Gasteiger charge is 2.21. The summed E-state index contributed by atoms with van der Waals surface area (Å²) in [6.07, 6.45) is 3.97. The molecular formula is C11H15Cl2N3. The largest absolute Gasteiger partial charge is 0.355 e. The van der Waals surface area contributed by atoms with E-state index >= 15 is 0 Å². The second-order valence-electron chi connectivity index (χ2n) is 4.15. The molecule has 1 aliphatic heterocycles. The van der Waals surface area contributed by atoms with Gasteiger partial charge in [-0.05, 0) is 31.4 Å². The van der Waals surface area contributed by atoms with Crippen LogP contribution >= 0.6 is 23.2 Å². The Bertz CT molecular complexity index is 370. The average Bonchev–Trinajstić information content (AvgIpc) is 2.29. The highest BCUT2D eigenvalue weighted by molar-refractivity contribution is 6.36. The fraction of sp³-hybridized carbons (Fsp3) is 0.545. The van der Waals surface area contributed by atoms with Crippen LogP contribution in [0.4, 0.5) is 5.82 Å². The van der Waals surface area contributed by atoms with E-state index in [9.17, 15) is 0 Å². The lowest BCUT2D eigenvalue weighted by molar-refractivity contribution is 0.422. The third-order valence-electron chi connectivity index (χ3n) is 2.94. The monoisotopic (exact) mass is 259 g/mol. The number of halogens is 2. The molecule has 88 valence electrons. The molecule has 1 saturated heterocycles. The summed E-state index contributed by atoms with van der Waals surface area (Å²) < 4.78 is 0. The van der Waals surface area contributed by atoms with E-state index < -0.39 is 0 Å². The van der Waals surface area contributed by atoms with Gasteiger partial charge in [0.2, 0.25) is 0 Å². The first kappa shape index (κ1) is 12.0. The van der Waals surface area contributed by atoms with E-state index in [4.69, 9.17) is 28.9 Å². The first-order valence-electron chi connectivity index (χ1n) is 5.46. The Morgan fingerprint density at radius 1 is 1.50 bits per heavy atom. The van der Waals surface area contributed by atoms with Crippen molar-refractivity contribution in [2.45, 2.75) is 12.8 Å². The number of hydrogen-bond acceptors (Lipinski definition) is 3. The zero-order chi connectivity index (χ0) is 11.5. The normalized spacial score (nSPS) is 21.2. The van der Waals surface area contributed by atoms with E-state index in [1.165, 1.54) is 6.42 Å². The summed E-state index contributed by atoms with van der Waals surface area (Å²) >= 11 is 12.0. The van der Waals surface area contributed by atoms with Gasteiger partial charge >= 0.3 is 0 Å². The van der Waals surface area contributed by atoms with Gasteiger partial charge in [0, 0.05) is 19.3 Å². The zero-order valence-corrected chi connectivity index (χ0v) is 10.5. The van der Waals surface area contributed by atoms with Gasteiger partial charge < -0.3 is 10.6 Å². The Morgan fingerprint density at radius 3 is 3.00 bits per heavy atom. The molecule has 1 aromatic heterocycles. The lowest BCUT2D eigenvalue weighted by Crippen LogP contribution is -2.38. The fourth-order valence-corrected chi connectivity index (χ4v) is 2.59. The molecule has 1 atom stereocenters. The molecule has 1 aliphatic rings. The zero-order valence-electron chi connectivity index (χ0n) is 9.00. The molecule has 0 aliphatic carbocycles. The number of nitrogens with zero attached hydrogens (tertiary/aromatic N) is 2. The summed E-state index contributed by atoms with van der Waals surface area (Å²) in [7, 11) is 0. The molecule has 16 heavy (non-hydrogen) atoms. The maximum Gasteiger partial charge on any atom is 0.147 e. The van der Waals surface area contributed by atoms with Crippen molar-refractivity contribution in [1.82, 2.24) is 4.98 Å². The minimum absolute atomic E-state index is 0.544. The molecule has 5 heteroatoms.